The minimum atomic E-state index is -0.989. The van der Waals surface area contributed by atoms with Crippen molar-refractivity contribution in [2.45, 2.75) is 26.3 Å². The third kappa shape index (κ3) is 2.67. The first kappa shape index (κ1) is 14.5. The summed E-state index contributed by atoms with van der Waals surface area (Å²) in [4.78, 5) is 24.9. The summed E-state index contributed by atoms with van der Waals surface area (Å²) < 4.78 is 1.04. The highest BCUT2D eigenvalue weighted by Gasteiger charge is 2.30. The predicted molar refractivity (Wildman–Crippen MR) is 79.9 cm³/mol. The van der Waals surface area contributed by atoms with Crippen molar-refractivity contribution in [2.75, 3.05) is 6.54 Å². The minimum Gasteiger partial charge on any atom is -0.479 e. The molecular weight excluding hydrogens is 274 g/mol. The molecule has 2 aromatic rings. The largest absolute Gasteiger partial charge is 0.479 e. The minimum absolute atomic E-state index is 0.213. The molecule has 4 nitrogen and oxygen atoms in total. The smallest absolute Gasteiger partial charge is 0.331 e. The molecule has 0 radical (unpaired) electrons. The Balaban J connectivity index is 2.52. The number of carbonyl (C=O) groups is 2. The lowest BCUT2D eigenvalue weighted by Crippen LogP contribution is -2.38. The molecule has 0 aliphatic rings. The number of carboxylic acid groups (broad SMARTS) is 1. The van der Waals surface area contributed by atoms with Crippen LogP contribution >= 0.6 is 11.3 Å². The number of hydrogen-bond donors (Lipinski definition) is 1. The molecule has 0 spiro atoms. The Hall–Kier alpha value is -1.88. The number of rotatable bonds is 5. The molecule has 1 heterocycles. The van der Waals surface area contributed by atoms with Gasteiger partial charge in [-0.2, -0.15) is 0 Å². The molecule has 1 N–H and O–H groups in total. The quantitative estimate of drug-likeness (QED) is 0.919. The van der Waals surface area contributed by atoms with Crippen molar-refractivity contribution in [1.82, 2.24) is 4.90 Å². The van der Waals surface area contributed by atoms with Gasteiger partial charge >= 0.3 is 5.97 Å². The van der Waals surface area contributed by atoms with Crippen LogP contribution in [0.3, 0.4) is 0 Å². The van der Waals surface area contributed by atoms with E-state index in [-0.39, 0.29) is 5.91 Å². The molecule has 0 fully saturated rings. The fraction of sp³-hybridized carbons (Fsp3) is 0.333. The van der Waals surface area contributed by atoms with E-state index in [0.29, 0.717) is 12.1 Å². The van der Waals surface area contributed by atoms with E-state index in [1.54, 1.807) is 0 Å². The Morgan fingerprint density at radius 2 is 2.05 bits per heavy atom. The van der Waals surface area contributed by atoms with Crippen LogP contribution < -0.4 is 0 Å². The van der Waals surface area contributed by atoms with E-state index in [1.807, 2.05) is 36.6 Å². The topological polar surface area (TPSA) is 57.6 Å². The average molecular weight is 291 g/mol. The van der Waals surface area contributed by atoms with Crippen LogP contribution in [0.25, 0.3) is 10.1 Å². The standard InChI is InChI=1S/C15H17NO3S/c1-3-8-16(10(2)17)14(15(18)19)12-9-20-13-7-5-4-6-11(12)13/h4-7,9,14H,3,8H2,1-2H3,(H,18,19). The van der Waals surface area contributed by atoms with Gasteiger partial charge in [0, 0.05) is 23.7 Å². The zero-order valence-corrected chi connectivity index (χ0v) is 12.3. The van der Waals surface area contributed by atoms with Crippen LogP contribution in [-0.2, 0) is 9.59 Å². The van der Waals surface area contributed by atoms with Crippen molar-refractivity contribution in [3.05, 3.63) is 35.2 Å². The van der Waals surface area contributed by atoms with Gasteiger partial charge in [-0.05, 0) is 23.3 Å². The molecule has 1 atom stereocenters. The molecule has 0 saturated carbocycles. The zero-order valence-electron chi connectivity index (χ0n) is 11.5. The molecule has 0 aliphatic carbocycles. The molecule has 0 aliphatic heterocycles. The summed E-state index contributed by atoms with van der Waals surface area (Å²) in [6.07, 6.45) is 0.728. The van der Waals surface area contributed by atoms with Crippen molar-refractivity contribution in [3.8, 4) is 0 Å². The van der Waals surface area contributed by atoms with E-state index >= 15 is 0 Å². The molecular formula is C15H17NO3S. The molecule has 1 aromatic carbocycles. The first-order chi connectivity index (χ1) is 9.56. The number of hydrogen-bond acceptors (Lipinski definition) is 3. The Bertz CT molecular complexity index is 635. The molecule has 106 valence electrons. The van der Waals surface area contributed by atoms with Gasteiger partial charge in [0.1, 0.15) is 0 Å². The van der Waals surface area contributed by atoms with Crippen molar-refractivity contribution in [1.29, 1.82) is 0 Å². The van der Waals surface area contributed by atoms with Crippen LogP contribution in [-0.4, -0.2) is 28.4 Å². The van der Waals surface area contributed by atoms with E-state index in [0.717, 1.165) is 16.5 Å². The first-order valence-corrected chi connectivity index (χ1v) is 7.40. The fourth-order valence-corrected chi connectivity index (χ4v) is 3.33. The van der Waals surface area contributed by atoms with Gasteiger partial charge in [-0.25, -0.2) is 4.79 Å². The van der Waals surface area contributed by atoms with Crippen LogP contribution in [0, 0.1) is 0 Å². The molecule has 20 heavy (non-hydrogen) atoms. The Kier molecular flexibility index (Phi) is 4.39. The van der Waals surface area contributed by atoms with E-state index < -0.39 is 12.0 Å². The fourth-order valence-electron chi connectivity index (χ4n) is 2.35. The Morgan fingerprint density at radius 1 is 1.35 bits per heavy atom. The second kappa shape index (κ2) is 6.05. The van der Waals surface area contributed by atoms with Crippen LogP contribution in [0.2, 0.25) is 0 Å². The number of carbonyl (C=O) groups excluding carboxylic acids is 1. The summed E-state index contributed by atoms with van der Waals surface area (Å²) in [5, 5.41) is 12.3. The lowest BCUT2D eigenvalue weighted by molar-refractivity contribution is -0.149. The van der Waals surface area contributed by atoms with Crippen molar-refractivity contribution in [3.63, 3.8) is 0 Å². The number of amides is 1. The van der Waals surface area contributed by atoms with Crippen LogP contribution in [0.5, 0.6) is 0 Å². The van der Waals surface area contributed by atoms with Crippen molar-refractivity contribution in [2.24, 2.45) is 0 Å². The summed E-state index contributed by atoms with van der Waals surface area (Å²) >= 11 is 1.51. The van der Waals surface area contributed by atoms with E-state index in [9.17, 15) is 14.7 Å². The number of carboxylic acids is 1. The lowest BCUT2D eigenvalue weighted by Gasteiger charge is -2.27. The summed E-state index contributed by atoms with van der Waals surface area (Å²) in [6, 6.07) is 6.76. The van der Waals surface area contributed by atoms with Crippen LogP contribution in [0.1, 0.15) is 31.9 Å². The van der Waals surface area contributed by atoms with E-state index in [4.69, 9.17) is 0 Å². The normalized spacial score (nSPS) is 12.3. The third-order valence-electron chi connectivity index (χ3n) is 3.22. The predicted octanol–water partition coefficient (Wildman–Crippen LogP) is 3.29. The van der Waals surface area contributed by atoms with Gasteiger partial charge in [-0.15, -0.1) is 11.3 Å². The maximum Gasteiger partial charge on any atom is 0.331 e. The van der Waals surface area contributed by atoms with Crippen molar-refractivity contribution < 1.29 is 14.7 Å². The molecule has 1 unspecified atom stereocenters. The highest BCUT2D eigenvalue weighted by molar-refractivity contribution is 7.17. The van der Waals surface area contributed by atoms with Crippen molar-refractivity contribution >= 4 is 33.3 Å². The van der Waals surface area contributed by atoms with Gasteiger partial charge < -0.3 is 10.0 Å². The van der Waals surface area contributed by atoms with Gasteiger partial charge in [0.25, 0.3) is 0 Å². The van der Waals surface area contributed by atoms with Gasteiger partial charge in [-0.3, -0.25) is 4.79 Å². The molecule has 5 heteroatoms. The summed E-state index contributed by atoms with van der Waals surface area (Å²) in [6.45, 7) is 3.79. The summed E-state index contributed by atoms with van der Waals surface area (Å²) in [5.74, 6) is -1.20. The highest BCUT2D eigenvalue weighted by atomic mass is 32.1. The number of benzene rings is 1. The van der Waals surface area contributed by atoms with Gasteiger partial charge in [0.2, 0.25) is 5.91 Å². The second-order valence-electron chi connectivity index (χ2n) is 4.64. The lowest BCUT2D eigenvalue weighted by atomic mass is 10.0. The second-order valence-corrected chi connectivity index (χ2v) is 5.55. The van der Waals surface area contributed by atoms with Crippen LogP contribution in [0.4, 0.5) is 0 Å². The number of nitrogens with zero attached hydrogens (tertiary/aromatic N) is 1. The molecule has 1 aromatic heterocycles. The SMILES string of the molecule is CCCN(C(C)=O)C(C(=O)O)c1csc2ccccc12. The van der Waals surface area contributed by atoms with Gasteiger partial charge in [-0.1, -0.05) is 25.1 Å². The number of aliphatic carboxylic acids is 1. The highest BCUT2D eigenvalue weighted by Crippen LogP contribution is 2.33. The van der Waals surface area contributed by atoms with Crippen LogP contribution in [0.15, 0.2) is 29.6 Å². The third-order valence-corrected chi connectivity index (χ3v) is 4.20. The Morgan fingerprint density at radius 3 is 2.65 bits per heavy atom. The maximum absolute atomic E-state index is 11.8. The molecule has 0 bridgehead atoms. The van der Waals surface area contributed by atoms with E-state index in [2.05, 4.69) is 0 Å². The number of fused-ring (bicyclic) bond motifs is 1. The van der Waals surface area contributed by atoms with Gasteiger partial charge in [0.15, 0.2) is 6.04 Å². The monoisotopic (exact) mass is 291 g/mol. The summed E-state index contributed by atoms with van der Waals surface area (Å²) in [7, 11) is 0. The number of thiophene rings is 1. The zero-order chi connectivity index (χ0) is 14.7. The maximum atomic E-state index is 11.8. The Labute approximate surface area is 121 Å². The van der Waals surface area contributed by atoms with Gasteiger partial charge in [0.05, 0.1) is 0 Å². The van der Waals surface area contributed by atoms with E-state index in [1.165, 1.54) is 23.2 Å². The molecule has 1 amide bonds. The molecule has 2 rings (SSSR count). The molecule has 0 saturated heterocycles. The average Bonchev–Trinajstić information content (AvgIpc) is 2.82. The summed E-state index contributed by atoms with van der Waals surface area (Å²) in [5.41, 5.74) is 0.696. The first-order valence-electron chi connectivity index (χ1n) is 6.52.